The van der Waals surface area contributed by atoms with Crippen molar-refractivity contribution in [2.75, 3.05) is 25.1 Å². The molecule has 0 bridgehead atoms. The lowest BCUT2D eigenvalue weighted by atomic mass is 10.2. The third-order valence-corrected chi connectivity index (χ3v) is 3.26. The molecule has 1 aromatic heterocycles. The zero-order valence-electron chi connectivity index (χ0n) is 11.3. The van der Waals surface area contributed by atoms with Gasteiger partial charge in [-0.05, 0) is 31.9 Å². The van der Waals surface area contributed by atoms with Gasteiger partial charge in [-0.1, -0.05) is 5.16 Å². The molecular formula is C13H20N4O2. The van der Waals surface area contributed by atoms with Crippen molar-refractivity contribution in [1.82, 2.24) is 4.98 Å². The van der Waals surface area contributed by atoms with E-state index >= 15 is 0 Å². The van der Waals surface area contributed by atoms with E-state index in [-0.39, 0.29) is 11.9 Å². The van der Waals surface area contributed by atoms with Crippen molar-refractivity contribution in [3.05, 3.63) is 23.4 Å². The Morgan fingerprint density at radius 3 is 3.05 bits per heavy atom. The molecule has 6 heteroatoms. The number of aromatic nitrogens is 1. The van der Waals surface area contributed by atoms with E-state index in [0.717, 1.165) is 31.7 Å². The Balaban J connectivity index is 2.23. The van der Waals surface area contributed by atoms with E-state index in [1.54, 1.807) is 0 Å². The fourth-order valence-corrected chi connectivity index (χ4v) is 2.27. The highest BCUT2D eigenvalue weighted by Crippen LogP contribution is 2.20. The average molecular weight is 264 g/mol. The van der Waals surface area contributed by atoms with Crippen molar-refractivity contribution in [2.45, 2.75) is 25.9 Å². The third-order valence-electron chi connectivity index (χ3n) is 3.26. The topological polar surface area (TPSA) is 84.0 Å². The molecule has 1 fully saturated rings. The number of pyridine rings is 1. The van der Waals surface area contributed by atoms with Gasteiger partial charge in [-0.2, -0.15) is 0 Å². The number of hydrogen-bond acceptors (Lipinski definition) is 5. The van der Waals surface area contributed by atoms with E-state index < -0.39 is 0 Å². The van der Waals surface area contributed by atoms with Gasteiger partial charge in [0.1, 0.15) is 5.82 Å². The average Bonchev–Trinajstić information content (AvgIpc) is 2.90. The molecule has 19 heavy (non-hydrogen) atoms. The maximum absolute atomic E-state index is 8.84. The molecule has 0 spiro atoms. The number of anilines is 1. The molecule has 0 aromatic carbocycles. The van der Waals surface area contributed by atoms with E-state index in [1.165, 1.54) is 0 Å². The summed E-state index contributed by atoms with van der Waals surface area (Å²) >= 11 is 0. The van der Waals surface area contributed by atoms with Crippen LogP contribution in [0.3, 0.4) is 0 Å². The first kappa shape index (κ1) is 13.6. The smallest absolute Gasteiger partial charge is 0.173 e. The molecule has 0 radical (unpaired) electrons. The van der Waals surface area contributed by atoms with Crippen LogP contribution in [0.4, 0.5) is 5.82 Å². The quantitative estimate of drug-likeness (QED) is 0.368. The molecular weight excluding hydrogens is 244 g/mol. The van der Waals surface area contributed by atoms with Crippen LogP contribution < -0.4 is 10.6 Å². The van der Waals surface area contributed by atoms with Crippen molar-refractivity contribution in [3.8, 4) is 0 Å². The molecule has 1 unspecified atom stereocenters. The Hall–Kier alpha value is -1.82. The summed E-state index contributed by atoms with van der Waals surface area (Å²) in [7, 11) is 1.94. The number of aryl methyl sites for hydroxylation is 1. The minimum absolute atomic E-state index is 0.0710. The minimum atomic E-state index is 0.0710. The summed E-state index contributed by atoms with van der Waals surface area (Å²) in [5.74, 6) is 0.785. The maximum Gasteiger partial charge on any atom is 0.173 e. The van der Waals surface area contributed by atoms with Crippen LogP contribution in [0.2, 0.25) is 0 Å². The van der Waals surface area contributed by atoms with E-state index in [2.05, 4.69) is 10.1 Å². The van der Waals surface area contributed by atoms with Crippen LogP contribution >= 0.6 is 0 Å². The number of amidine groups is 1. The molecule has 0 saturated carbocycles. The first-order chi connectivity index (χ1) is 9.11. The fraction of sp³-hybridized carbons (Fsp3) is 0.538. The van der Waals surface area contributed by atoms with E-state index in [1.807, 2.05) is 31.0 Å². The summed E-state index contributed by atoms with van der Waals surface area (Å²) in [6.45, 7) is 3.49. The number of nitrogens with two attached hydrogens (primary N) is 1. The predicted octanol–water partition coefficient (Wildman–Crippen LogP) is 1.10. The Morgan fingerprint density at radius 1 is 1.63 bits per heavy atom. The minimum Gasteiger partial charge on any atom is -0.409 e. The van der Waals surface area contributed by atoms with Gasteiger partial charge in [0.2, 0.25) is 0 Å². The zero-order valence-corrected chi connectivity index (χ0v) is 11.3. The lowest BCUT2D eigenvalue weighted by molar-refractivity contribution is 0.116. The molecule has 1 saturated heterocycles. The van der Waals surface area contributed by atoms with Gasteiger partial charge in [-0.25, -0.2) is 4.98 Å². The lowest BCUT2D eigenvalue weighted by Crippen LogP contribution is -2.31. The molecule has 2 heterocycles. The number of hydrogen-bond donors (Lipinski definition) is 2. The molecule has 1 aliphatic heterocycles. The Bertz CT molecular complexity index is 470. The van der Waals surface area contributed by atoms with Crippen molar-refractivity contribution >= 4 is 11.7 Å². The normalized spacial score (nSPS) is 19.7. The molecule has 1 aromatic rings. The van der Waals surface area contributed by atoms with Crippen molar-refractivity contribution in [1.29, 1.82) is 0 Å². The standard InChI is InChI=1S/C13H20N4O2/c1-9-5-6-11(12(14)16-18)13(15-9)17(2)8-10-4-3-7-19-10/h5-6,10,18H,3-4,7-8H2,1-2H3,(H2,14,16). The summed E-state index contributed by atoms with van der Waals surface area (Å²) in [5.41, 5.74) is 7.22. The molecule has 1 atom stereocenters. The number of rotatable bonds is 4. The van der Waals surface area contributed by atoms with E-state index in [4.69, 9.17) is 15.7 Å². The zero-order chi connectivity index (χ0) is 13.8. The van der Waals surface area contributed by atoms with Crippen LogP contribution in [0.1, 0.15) is 24.1 Å². The first-order valence-corrected chi connectivity index (χ1v) is 6.40. The summed E-state index contributed by atoms with van der Waals surface area (Å²) in [6.07, 6.45) is 2.40. The predicted molar refractivity (Wildman–Crippen MR) is 73.7 cm³/mol. The van der Waals surface area contributed by atoms with Gasteiger partial charge >= 0.3 is 0 Å². The van der Waals surface area contributed by atoms with Gasteiger partial charge in [0.15, 0.2) is 5.84 Å². The van der Waals surface area contributed by atoms with Crippen LogP contribution in [0.15, 0.2) is 17.3 Å². The number of ether oxygens (including phenoxy) is 1. The van der Waals surface area contributed by atoms with Crippen molar-refractivity contribution in [2.24, 2.45) is 10.9 Å². The first-order valence-electron chi connectivity index (χ1n) is 6.40. The molecule has 3 N–H and O–H groups in total. The molecule has 0 aliphatic carbocycles. The van der Waals surface area contributed by atoms with Crippen LogP contribution in [0, 0.1) is 6.92 Å². The fourth-order valence-electron chi connectivity index (χ4n) is 2.27. The van der Waals surface area contributed by atoms with Crippen LogP contribution in [0.5, 0.6) is 0 Å². The number of nitrogens with zero attached hydrogens (tertiary/aromatic N) is 3. The Labute approximate surface area is 112 Å². The van der Waals surface area contributed by atoms with Crippen LogP contribution in [-0.4, -0.2) is 42.3 Å². The van der Waals surface area contributed by atoms with Gasteiger partial charge in [-0.15, -0.1) is 0 Å². The highest BCUT2D eigenvalue weighted by Gasteiger charge is 2.20. The second-order valence-electron chi connectivity index (χ2n) is 4.82. The van der Waals surface area contributed by atoms with Crippen molar-refractivity contribution < 1.29 is 9.94 Å². The lowest BCUT2D eigenvalue weighted by Gasteiger charge is -2.24. The summed E-state index contributed by atoms with van der Waals surface area (Å²) in [5, 5.41) is 11.9. The molecule has 6 nitrogen and oxygen atoms in total. The highest BCUT2D eigenvalue weighted by molar-refractivity contribution is 6.01. The molecule has 2 rings (SSSR count). The van der Waals surface area contributed by atoms with E-state index in [9.17, 15) is 0 Å². The van der Waals surface area contributed by atoms with E-state index in [0.29, 0.717) is 11.4 Å². The highest BCUT2D eigenvalue weighted by atomic mass is 16.5. The van der Waals surface area contributed by atoms with Crippen molar-refractivity contribution in [3.63, 3.8) is 0 Å². The monoisotopic (exact) mass is 264 g/mol. The molecule has 1 aliphatic rings. The van der Waals surface area contributed by atoms with Crippen LogP contribution in [0.25, 0.3) is 0 Å². The molecule has 0 amide bonds. The maximum atomic E-state index is 8.84. The van der Waals surface area contributed by atoms with Gasteiger partial charge in [0, 0.05) is 25.9 Å². The summed E-state index contributed by atoms with van der Waals surface area (Å²) < 4.78 is 5.62. The number of likely N-dealkylation sites (N-methyl/N-ethyl adjacent to an activating group) is 1. The van der Waals surface area contributed by atoms with Gasteiger partial charge in [-0.3, -0.25) is 0 Å². The largest absolute Gasteiger partial charge is 0.409 e. The Kier molecular flexibility index (Phi) is 4.21. The Morgan fingerprint density at radius 2 is 2.42 bits per heavy atom. The van der Waals surface area contributed by atoms with Gasteiger partial charge in [0.25, 0.3) is 0 Å². The summed E-state index contributed by atoms with van der Waals surface area (Å²) in [4.78, 5) is 6.48. The molecule has 104 valence electrons. The SMILES string of the molecule is Cc1ccc(C(N)=NO)c(N(C)CC2CCCO2)n1. The second kappa shape index (κ2) is 5.88. The van der Waals surface area contributed by atoms with Crippen LogP contribution in [-0.2, 0) is 4.74 Å². The van der Waals surface area contributed by atoms with Gasteiger partial charge < -0.3 is 20.6 Å². The number of oxime groups is 1. The second-order valence-corrected chi connectivity index (χ2v) is 4.82. The summed E-state index contributed by atoms with van der Waals surface area (Å²) in [6, 6.07) is 3.66. The third kappa shape index (κ3) is 3.14. The van der Waals surface area contributed by atoms with Gasteiger partial charge in [0.05, 0.1) is 11.7 Å².